The summed E-state index contributed by atoms with van der Waals surface area (Å²) < 4.78 is 11.0. The maximum Gasteiger partial charge on any atom is 0.408 e. The number of carbonyl (C=O) groups is 4. The molecule has 4 atom stereocenters. The highest BCUT2D eigenvalue weighted by Gasteiger charge is 2.40. The first-order chi connectivity index (χ1) is 22.3. The van der Waals surface area contributed by atoms with Gasteiger partial charge in [-0.3, -0.25) is 9.59 Å². The first-order valence-corrected chi connectivity index (χ1v) is 16.4. The summed E-state index contributed by atoms with van der Waals surface area (Å²) in [5, 5.41) is 15.7. The first-order valence-electron chi connectivity index (χ1n) is 16.4. The minimum Gasteiger partial charge on any atom is -0.458 e. The van der Waals surface area contributed by atoms with Crippen LogP contribution in [0, 0.1) is 18.3 Å². The molecule has 48 heavy (non-hydrogen) atoms. The van der Waals surface area contributed by atoms with Crippen LogP contribution in [0.3, 0.4) is 0 Å². The highest BCUT2D eigenvalue weighted by Crippen LogP contribution is 2.28. The fraction of sp³-hybridized carbons (Fsp3) is 0.526. The molecule has 0 aromatic heterocycles. The third-order valence-electron chi connectivity index (χ3n) is 7.27. The van der Waals surface area contributed by atoms with Crippen molar-refractivity contribution in [2.45, 2.75) is 117 Å². The number of ether oxygens (including phenoxy) is 2. The lowest BCUT2D eigenvalue weighted by atomic mass is 9.96. The Hall–Kier alpha value is -4.36. The Morgan fingerprint density at radius 2 is 1.42 bits per heavy atom. The normalized spacial score (nSPS) is 14.1. The highest BCUT2D eigenvalue weighted by atomic mass is 16.6. The Kier molecular flexibility index (Phi) is 14.7. The van der Waals surface area contributed by atoms with Crippen molar-refractivity contribution < 1.29 is 33.8 Å². The van der Waals surface area contributed by atoms with Crippen LogP contribution in [0.15, 0.2) is 54.6 Å². The van der Waals surface area contributed by atoms with Gasteiger partial charge in [0.15, 0.2) is 0 Å². The molecule has 2 aromatic carbocycles. The summed E-state index contributed by atoms with van der Waals surface area (Å²) in [6, 6.07) is 11.5. The summed E-state index contributed by atoms with van der Waals surface area (Å²) in [5.41, 5.74) is 0.111. The zero-order valence-electron chi connectivity index (χ0n) is 29.8. The Bertz CT molecular complexity index is 1400. The zero-order chi connectivity index (χ0) is 36.2. The van der Waals surface area contributed by atoms with E-state index in [0.29, 0.717) is 23.5 Å². The zero-order valence-corrected chi connectivity index (χ0v) is 29.8. The van der Waals surface area contributed by atoms with Crippen LogP contribution in [0.25, 0.3) is 0 Å². The summed E-state index contributed by atoms with van der Waals surface area (Å²) in [7, 11) is 0. The van der Waals surface area contributed by atoms with Crippen molar-refractivity contribution in [2.24, 2.45) is 5.92 Å². The van der Waals surface area contributed by atoms with Crippen molar-refractivity contribution in [1.29, 1.82) is 0 Å². The van der Waals surface area contributed by atoms with E-state index in [1.54, 1.807) is 65.8 Å². The maximum atomic E-state index is 14.6. The minimum atomic E-state index is -1.42. The monoisotopic (exact) mass is 663 g/mol. The molecule has 2 aromatic rings. The van der Waals surface area contributed by atoms with Gasteiger partial charge in [-0.15, -0.1) is 6.42 Å². The quantitative estimate of drug-likeness (QED) is 0.184. The predicted molar refractivity (Wildman–Crippen MR) is 186 cm³/mol. The van der Waals surface area contributed by atoms with Crippen molar-refractivity contribution in [3.05, 3.63) is 71.3 Å². The molecule has 0 saturated heterocycles. The van der Waals surface area contributed by atoms with Gasteiger partial charge in [0, 0.05) is 18.0 Å². The molecule has 0 radical (unpaired) electrons. The van der Waals surface area contributed by atoms with Crippen LogP contribution >= 0.6 is 0 Å². The molecule has 10 heteroatoms. The smallest absolute Gasteiger partial charge is 0.408 e. The molecule has 0 fully saturated rings. The van der Waals surface area contributed by atoms with Crippen molar-refractivity contribution >= 4 is 23.9 Å². The number of hydrogen-bond donors (Lipinski definition) is 3. The molecule has 0 saturated carbocycles. The number of amides is 3. The number of aliphatic hydroxyl groups is 1. The lowest BCUT2D eigenvalue weighted by Crippen LogP contribution is -2.58. The third kappa shape index (κ3) is 13.0. The van der Waals surface area contributed by atoms with E-state index in [9.17, 15) is 24.3 Å². The molecule has 0 spiro atoms. The molecule has 0 heterocycles. The first kappa shape index (κ1) is 39.8. The number of nitrogens with one attached hydrogen (secondary N) is 2. The van der Waals surface area contributed by atoms with E-state index in [1.807, 2.05) is 37.3 Å². The number of rotatable bonds is 14. The number of nitrogens with zero attached hydrogens (tertiary/aromatic N) is 1. The lowest BCUT2D eigenvalue weighted by Gasteiger charge is -2.39. The second-order valence-corrected chi connectivity index (χ2v) is 14.4. The topological polar surface area (TPSA) is 134 Å². The van der Waals surface area contributed by atoms with Gasteiger partial charge in [0.1, 0.15) is 29.3 Å². The van der Waals surface area contributed by atoms with Gasteiger partial charge in [-0.05, 0) is 90.5 Å². The Balaban J connectivity index is 2.68. The maximum absolute atomic E-state index is 14.6. The molecule has 3 amide bonds. The van der Waals surface area contributed by atoms with E-state index in [1.165, 1.54) is 4.90 Å². The van der Waals surface area contributed by atoms with Crippen molar-refractivity contribution in [3.8, 4) is 12.3 Å². The molecule has 3 N–H and O–H groups in total. The van der Waals surface area contributed by atoms with Crippen LogP contribution < -0.4 is 10.6 Å². The highest BCUT2D eigenvalue weighted by molar-refractivity contribution is 5.94. The molecule has 2 rings (SSSR count). The van der Waals surface area contributed by atoms with Crippen LogP contribution in [-0.2, 0) is 30.3 Å². The van der Waals surface area contributed by atoms with E-state index in [2.05, 4.69) is 30.4 Å². The largest absolute Gasteiger partial charge is 0.458 e. The summed E-state index contributed by atoms with van der Waals surface area (Å²) in [5.74, 6) is 0.877. The van der Waals surface area contributed by atoms with Gasteiger partial charge in [-0.1, -0.05) is 62.2 Å². The van der Waals surface area contributed by atoms with E-state index in [-0.39, 0.29) is 6.42 Å². The second-order valence-electron chi connectivity index (χ2n) is 14.4. The molecule has 0 aliphatic rings. The molecular weight excluding hydrogens is 610 g/mol. The van der Waals surface area contributed by atoms with Gasteiger partial charge in [0.2, 0.25) is 11.8 Å². The van der Waals surface area contributed by atoms with Crippen LogP contribution in [0.1, 0.15) is 97.9 Å². The standard InChI is InChI=1S/C38H53N3O7/c1-11-27-19-21-29(22-20-27)32(33(43)39-30(35(45)47-37(5,6)7)23-28-15-13-12-14-16-28)41(26(4)18-17-25(2)3)34(44)31(24-42)40-36(46)48-38(8,9)10/h1,12-16,19-22,25-26,30-32,42H,17-18,23-24H2,2-10H3,(H,39,43)(H,40,46). The van der Waals surface area contributed by atoms with E-state index < -0.39 is 65.9 Å². The Labute approximate surface area is 286 Å². The lowest BCUT2D eigenvalue weighted by molar-refractivity contribution is -0.159. The van der Waals surface area contributed by atoms with Gasteiger partial charge in [-0.2, -0.15) is 0 Å². The van der Waals surface area contributed by atoms with Gasteiger partial charge < -0.3 is 30.1 Å². The summed E-state index contributed by atoms with van der Waals surface area (Å²) in [6.07, 6.45) is 6.10. The molecule has 10 nitrogen and oxygen atoms in total. The molecule has 262 valence electrons. The van der Waals surface area contributed by atoms with E-state index >= 15 is 0 Å². The van der Waals surface area contributed by atoms with Crippen molar-refractivity contribution in [1.82, 2.24) is 15.5 Å². The number of alkyl carbamates (subject to hydrolysis) is 1. The summed E-state index contributed by atoms with van der Waals surface area (Å²) in [6.45, 7) is 15.4. The van der Waals surface area contributed by atoms with Crippen molar-refractivity contribution in [3.63, 3.8) is 0 Å². The Morgan fingerprint density at radius 3 is 1.92 bits per heavy atom. The fourth-order valence-corrected chi connectivity index (χ4v) is 4.99. The van der Waals surface area contributed by atoms with Gasteiger partial charge >= 0.3 is 12.1 Å². The molecule has 4 unspecified atom stereocenters. The summed E-state index contributed by atoms with van der Waals surface area (Å²) in [4.78, 5) is 56.6. The van der Waals surface area contributed by atoms with Crippen LogP contribution in [-0.4, -0.2) is 69.8 Å². The van der Waals surface area contributed by atoms with E-state index in [4.69, 9.17) is 15.9 Å². The number of benzene rings is 2. The average Bonchev–Trinajstić information content (AvgIpc) is 2.99. The predicted octanol–water partition coefficient (Wildman–Crippen LogP) is 5.32. The Morgan fingerprint density at radius 1 is 0.833 bits per heavy atom. The van der Waals surface area contributed by atoms with Crippen LogP contribution in [0.2, 0.25) is 0 Å². The van der Waals surface area contributed by atoms with Crippen LogP contribution in [0.5, 0.6) is 0 Å². The van der Waals surface area contributed by atoms with Gasteiger partial charge in [0.25, 0.3) is 0 Å². The number of terminal acetylenes is 1. The SMILES string of the molecule is C#Cc1ccc(C(C(=O)NC(Cc2ccccc2)C(=O)OC(C)(C)C)N(C(=O)C(CO)NC(=O)OC(C)(C)C)C(C)CCC(C)C)cc1. The minimum absolute atomic E-state index is 0.139. The fourth-order valence-electron chi connectivity index (χ4n) is 4.99. The number of esters is 1. The molecule has 0 aliphatic carbocycles. The van der Waals surface area contributed by atoms with Gasteiger partial charge in [-0.25, -0.2) is 9.59 Å². The average molecular weight is 664 g/mol. The molecular formula is C38H53N3O7. The number of hydrogen-bond acceptors (Lipinski definition) is 7. The van der Waals surface area contributed by atoms with E-state index in [0.717, 1.165) is 12.0 Å². The molecule has 0 bridgehead atoms. The van der Waals surface area contributed by atoms with Gasteiger partial charge in [0.05, 0.1) is 6.61 Å². The van der Waals surface area contributed by atoms with Crippen LogP contribution in [0.4, 0.5) is 4.79 Å². The molecule has 0 aliphatic heterocycles. The third-order valence-corrected chi connectivity index (χ3v) is 7.27. The summed E-state index contributed by atoms with van der Waals surface area (Å²) >= 11 is 0. The number of carbonyl (C=O) groups excluding carboxylic acids is 4. The second kappa shape index (κ2) is 17.7. The van der Waals surface area contributed by atoms with Crippen molar-refractivity contribution in [2.75, 3.05) is 6.61 Å². The number of aliphatic hydroxyl groups excluding tert-OH is 1.